The molecule has 0 aliphatic rings. The molecule has 0 N–H and O–H groups in total. The van der Waals surface area contributed by atoms with E-state index in [1.807, 2.05) is 26.0 Å². The Balaban J connectivity index is -0.0000000480. The summed E-state index contributed by atoms with van der Waals surface area (Å²) in [6.07, 6.45) is 1.69. The van der Waals surface area contributed by atoms with Crippen molar-refractivity contribution < 1.29 is 1.43 Å². The topological polar surface area (TPSA) is 3.24 Å². The third-order valence-electron chi connectivity index (χ3n) is 0. The Kier molecular flexibility index (Phi) is 14.4. The summed E-state index contributed by atoms with van der Waals surface area (Å²) in [5, 5.41) is 0. The van der Waals surface area contributed by atoms with E-state index in [4.69, 9.17) is 0 Å². The second-order valence-corrected chi connectivity index (χ2v) is 1.34. The molecule has 0 saturated heterocycles. The third-order valence-corrected chi connectivity index (χ3v) is 0. The zero-order chi connectivity index (χ0) is 5.58. The standard InChI is InChI=1S/C3H9N.CH4S/c1-4(2)3;1-2/h1-3H3;2H,1H3/p+1. The van der Waals surface area contributed by atoms with Gasteiger partial charge in [-0.15, -0.1) is 0 Å². The van der Waals surface area contributed by atoms with Crippen LogP contribution in [-0.4, -0.2) is 32.3 Å². The lowest BCUT2D eigenvalue weighted by molar-refractivity contribution is 0.505. The molecule has 2 heteroatoms. The number of rotatable bonds is 0. The van der Waals surface area contributed by atoms with E-state index in [1.165, 1.54) is 0 Å². The Bertz CT molecular complexity index is 16.4. The number of hydrogen-bond donors (Lipinski definition) is 1. The van der Waals surface area contributed by atoms with E-state index in [2.05, 4.69) is 12.6 Å². The Morgan fingerprint density at radius 3 is 1.17 bits per heavy atom. The second-order valence-electron chi connectivity index (χ2n) is 1.34. The first-order valence-electron chi connectivity index (χ1n) is 1.79. The molecule has 0 aliphatic heterocycles. The van der Waals surface area contributed by atoms with Gasteiger partial charge in [-0.05, 0) is 27.4 Å². The van der Waals surface area contributed by atoms with Crippen molar-refractivity contribution in [3.63, 3.8) is 0 Å². The molecule has 0 fully saturated rings. The maximum Gasteiger partial charge on any atom is 1.00 e. The second kappa shape index (κ2) is 9.00. The van der Waals surface area contributed by atoms with Gasteiger partial charge >= 0.3 is 1.43 Å². The highest BCUT2D eigenvalue weighted by Gasteiger charge is 1.58. The fraction of sp³-hybridized carbons (Fsp3) is 1.00. The summed E-state index contributed by atoms with van der Waals surface area (Å²) >= 11 is 3.53. The quantitative estimate of drug-likeness (QED) is 0.450. The predicted molar refractivity (Wildman–Crippen MR) is 35.6 cm³/mol. The highest BCUT2D eigenvalue weighted by Crippen LogP contribution is 1.47. The van der Waals surface area contributed by atoms with Crippen molar-refractivity contribution in [2.75, 3.05) is 27.4 Å². The minimum absolute atomic E-state index is 0. The fourth-order valence-corrected chi connectivity index (χ4v) is 0. The summed E-state index contributed by atoms with van der Waals surface area (Å²) in [5.41, 5.74) is 0. The predicted octanol–water partition coefficient (Wildman–Crippen LogP) is 0.836. The summed E-state index contributed by atoms with van der Waals surface area (Å²) in [6.45, 7) is 0. The molecule has 0 aromatic carbocycles. The highest BCUT2D eigenvalue weighted by atomic mass is 32.1. The van der Waals surface area contributed by atoms with Crippen LogP contribution in [0.4, 0.5) is 0 Å². The first-order chi connectivity index (χ1) is 2.73. The van der Waals surface area contributed by atoms with Crippen LogP contribution >= 0.6 is 12.6 Å². The Hall–Kier alpha value is 0.310. The van der Waals surface area contributed by atoms with E-state index in [-0.39, 0.29) is 1.43 Å². The summed E-state index contributed by atoms with van der Waals surface area (Å²) in [6, 6.07) is 0. The van der Waals surface area contributed by atoms with Gasteiger partial charge in [-0.25, -0.2) is 0 Å². The Labute approximate surface area is 47.2 Å². The first kappa shape index (κ1) is 9.58. The van der Waals surface area contributed by atoms with Crippen molar-refractivity contribution in [1.29, 1.82) is 0 Å². The SMILES string of the molecule is CN(C)C.CS.[H+]. The maximum absolute atomic E-state index is 3.53. The third kappa shape index (κ3) is 491. The van der Waals surface area contributed by atoms with Crippen molar-refractivity contribution in [1.82, 2.24) is 4.90 Å². The molecule has 0 spiro atoms. The molecular weight excluding hydrogens is 94.1 g/mol. The monoisotopic (exact) mass is 108 g/mol. The zero-order valence-corrected chi connectivity index (χ0v) is 5.79. The highest BCUT2D eigenvalue weighted by molar-refractivity contribution is 7.79. The van der Waals surface area contributed by atoms with Gasteiger partial charge in [0.2, 0.25) is 0 Å². The van der Waals surface area contributed by atoms with E-state index in [9.17, 15) is 0 Å². The van der Waals surface area contributed by atoms with Gasteiger partial charge in [0.05, 0.1) is 0 Å². The van der Waals surface area contributed by atoms with Crippen LogP contribution in [0.2, 0.25) is 0 Å². The molecule has 0 aliphatic carbocycles. The lowest BCUT2D eigenvalue weighted by Gasteiger charge is -1.90. The normalized spacial score (nSPS) is 7.00. The van der Waals surface area contributed by atoms with Crippen molar-refractivity contribution >= 4 is 12.6 Å². The zero-order valence-electron chi connectivity index (χ0n) is 5.89. The van der Waals surface area contributed by atoms with Gasteiger partial charge in [0, 0.05) is 0 Å². The summed E-state index contributed by atoms with van der Waals surface area (Å²) in [4.78, 5) is 2.00. The number of hydrogen-bond acceptors (Lipinski definition) is 2. The fourth-order valence-electron chi connectivity index (χ4n) is 0. The van der Waals surface area contributed by atoms with Gasteiger partial charge < -0.3 is 4.90 Å². The molecule has 0 unspecified atom stereocenters. The van der Waals surface area contributed by atoms with Crippen LogP contribution < -0.4 is 0 Å². The van der Waals surface area contributed by atoms with Gasteiger partial charge in [-0.2, -0.15) is 12.6 Å². The van der Waals surface area contributed by atoms with Crippen LogP contribution in [0.15, 0.2) is 0 Å². The lowest BCUT2D eigenvalue weighted by atomic mass is 11.0. The van der Waals surface area contributed by atoms with E-state index in [0.717, 1.165) is 0 Å². The minimum atomic E-state index is 0. The molecule has 0 aromatic rings. The summed E-state index contributed by atoms with van der Waals surface area (Å²) < 4.78 is 0. The van der Waals surface area contributed by atoms with Crippen molar-refractivity contribution in [2.24, 2.45) is 0 Å². The van der Waals surface area contributed by atoms with Gasteiger partial charge in [0.15, 0.2) is 0 Å². The van der Waals surface area contributed by atoms with Crippen LogP contribution in [0.3, 0.4) is 0 Å². The Morgan fingerprint density at radius 1 is 1.17 bits per heavy atom. The molecule has 0 rings (SSSR count). The average Bonchev–Trinajstić information content (AvgIpc) is 1.41. The van der Waals surface area contributed by atoms with Crippen LogP contribution in [0.1, 0.15) is 1.43 Å². The molecule has 0 amide bonds. The summed E-state index contributed by atoms with van der Waals surface area (Å²) in [5.74, 6) is 0. The first-order valence-corrected chi connectivity index (χ1v) is 2.68. The average molecular weight is 108 g/mol. The van der Waals surface area contributed by atoms with E-state index in [0.29, 0.717) is 0 Å². The van der Waals surface area contributed by atoms with Crippen molar-refractivity contribution in [2.45, 2.75) is 0 Å². The van der Waals surface area contributed by atoms with E-state index >= 15 is 0 Å². The molecular formula is C4H14NS+. The lowest BCUT2D eigenvalue weighted by Crippen LogP contribution is -1.99. The summed E-state index contributed by atoms with van der Waals surface area (Å²) in [7, 11) is 6.00. The largest absolute Gasteiger partial charge is 1.00 e. The number of thiol groups is 1. The van der Waals surface area contributed by atoms with Gasteiger partial charge in [-0.3, -0.25) is 0 Å². The van der Waals surface area contributed by atoms with Crippen LogP contribution in [0, 0.1) is 0 Å². The molecule has 6 heavy (non-hydrogen) atoms. The smallest absolute Gasteiger partial charge is 0.312 e. The van der Waals surface area contributed by atoms with Gasteiger partial charge in [0.25, 0.3) is 0 Å². The maximum atomic E-state index is 3.53. The van der Waals surface area contributed by atoms with Crippen LogP contribution in [0.5, 0.6) is 0 Å². The molecule has 0 heterocycles. The number of nitrogens with zero attached hydrogens (tertiary/aromatic N) is 1. The van der Waals surface area contributed by atoms with E-state index in [1.54, 1.807) is 6.26 Å². The molecule has 0 atom stereocenters. The van der Waals surface area contributed by atoms with Gasteiger partial charge in [-0.1, -0.05) is 0 Å². The van der Waals surface area contributed by atoms with Crippen LogP contribution in [-0.2, 0) is 0 Å². The minimum Gasteiger partial charge on any atom is -0.312 e. The molecule has 40 valence electrons. The molecule has 0 bridgehead atoms. The Morgan fingerprint density at radius 2 is 1.17 bits per heavy atom. The van der Waals surface area contributed by atoms with E-state index < -0.39 is 0 Å². The molecule has 0 aromatic heterocycles. The van der Waals surface area contributed by atoms with Gasteiger partial charge in [0.1, 0.15) is 0 Å². The molecule has 0 radical (unpaired) electrons. The molecule has 1 nitrogen and oxygen atoms in total. The van der Waals surface area contributed by atoms with Crippen LogP contribution in [0.25, 0.3) is 0 Å². The van der Waals surface area contributed by atoms with Crippen molar-refractivity contribution in [3.8, 4) is 0 Å². The van der Waals surface area contributed by atoms with Crippen molar-refractivity contribution in [3.05, 3.63) is 0 Å². The molecule has 0 saturated carbocycles.